The fourth-order valence-electron chi connectivity index (χ4n) is 3.99. The van der Waals surface area contributed by atoms with Gasteiger partial charge in [-0.3, -0.25) is 4.99 Å². The summed E-state index contributed by atoms with van der Waals surface area (Å²) in [5.74, 6) is 1.66. The number of nitrogens with zero attached hydrogens (tertiary/aromatic N) is 5. The van der Waals surface area contributed by atoms with Gasteiger partial charge >= 0.3 is 0 Å². The topological polar surface area (TPSA) is 70.4 Å². The lowest BCUT2D eigenvalue weighted by Gasteiger charge is -2.34. The maximum absolute atomic E-state index is 13.1. The maximum Gasteiger partial charge on any atom is 0.191 e. The number of nitrogens with one attached hydrogen (secondary N) is 2. The molecule has 4 rings (SSSR count). The molecule has 2 N–H and O–H groups in total. The van der Waals surface area contributed by atoms with E-state index in [9.17, 15) is 4.39 Å². The van der Waals surface area contributed by atoms with Crippen molar-refractivity contribution >= 4 is 35.8 Å². The molecule has 0 unspecified atom stereocenters. The lowest BCUT2D eigenvalue weighted by atomic mass is 10.1. The zero-order valence-electron chi connectivity index (χ0n) is 19.7. The van der Waals surface area contributed by atoms with Crippen molar-refractivity contribution < 1.29 is 4.39 Å². The molecule has 1 saturated heterocycles. The van der Waals surface area contributed by atoms with Gasteiger partial charge in [-0.2, -0.15) is 5.10 Å². The summed E-state index contributed by atoms with van der Waals surface area (Å²) in [7, 11) is 0. The molecule has 0 bridgehead atoms. The van der Waals surface area contributed by atoms with Crippen LogP contribution in [0.4, 0.5) is 10.2 Å². The predicted molar refractivity (Wildman–Crippen MR) is 146 cm³/mol. The number of hydrogen-bond acceptors (Lipinski definition) is 4. The van der Waals surface area contributed by atoms with E-state index in [0.29, 0.717) is 12.6 Å². The minimum atomic E-state index is -0.249. The molecule has 9 heteroatoms. The molecule has 0 aliphatic carbocycles. The first-order valence-corrected chi connectivity index (χ1v) is 11.6. The Kier molecular flexibility index (Phi) is 9.67. The van der Waals surface area contributed by atoms with Crippen LogP contribution in [-0.2, 0) is 6.42 Å². The normalized spacial score (nSPS) is 14.6. The maximum atomic E-state index is 13.1. The molecule has 182 valence electrons. The third-order valence-electron chi connectivity index (χ3n) is 5.75. The highest BCUT2D eigenvalue weighted by Gasteiger charge is 2.21. The number of pyridine rings is 1. The molecule has 2 aromatic heterocycles. The van der Waals surface area contributed by atoms with Crippen LogP contribution in [0.25, 0.3) is 5.69 Å². The van der Waals surface area contributed by atoms with Crippen LogP contribution < -0.4 is 15.5 Å². The summed E-state index contributed by atoms with van der Waals surface area (Å²) in [6.45, 7) is 7.53. The van der Waals surface area contributed by atoms with Crippen molar-refractivity contribution in [3.8, 4) is 5.69 Å². The Morgan fingerprint density at radius 2 is 1.88 bits per heavy atom. The van der Waals surface area contributed by atoms with Crippen LogP contribution in [0.3, 0.4) is 0 Å². The Balaban J connectivity index is 0.00000324. The highest BCUT2D eigenvalue weighted by atomic mass is 127. The van der Waals surface area contributed by atoms with Crippen molar-refractivity contribution in [3.05, 3.63) is 71.9 Å². The summed E-state index contributed by atoms with van der Waals surface area (Å²) in [6, 6.07) is 14.9. The minimum absolute atomic E-state index is 0. The number of piperidine rings is 1. The fraction of sp³-hybridized carbons (Fsp3) is 0.400. The van der Waals surface area contributed by atoms with E-state index in [4.69, 9.17) is 4.99 Å². The number of aryl methyl sites for hydroxylation is 1. The first-order chi connectivity index (χ1) is 16.1. The standard InChI is InChI=1S/C25H32FN7.HI/c1-3-27-25(30-21-12-16-32(17-13-21)24-6-4-5-19(2)29-24)28-15-11-22-14-18-33(31-22)23-9-7-20(26)8-10-23;/h4-10,14,18,21H,3,11-13,15-17H2,1-2H3,(H2,27,28,30);1H. The molecule has 3 heterocycles. The molecule has 0 amide bonds. The van der Waals surface area contributed by atoms with Crippen molar-refractivity contribution in [3.63, 3.8) is 0 Å². The molecule has 0 spiro atoms. The smallest absolute Gasteiger partial charge is 0.191 e. The molecule has 0 radical (unpaired) electrons. The number of guanidine groups is 1. The van der Waals surface area contributed by atoms with E-state index in [0.717, 1.165) is 67.7 Å². The monoisotopic (exact) mass is 577 g/mol. The summed E-state index contributed by atoms with van der Waals surface area (Å²) >= 11 is 0. The van der Waals surface area contributed by atoms with Gasteiger partial charge in [-0.25, -0.2) is 14.1 Å². The first-order valence-electron chi connectivity index (χ1n) is 11.6. The predicted octanol–water partition coefficient (Wildman–Crippen LogP) is 4.10. The van der Waals surface area contributed by atoms with E-state index in [1.165, 1.54) is 12.1 Å². The zero-order valence-corrected chi connectivity index (χ0v) is 22.1. The summed E-state index contributed by atoms with van der Waals surface area (Å²) in [6.07, 6.45) is 4.72. The molecule has 34 heavy (non-hydrogen) atoms. The highest BCUT2D eigenvalue weighted by Crippen LogP contribution is 2.18. The molecule has 1 fully saturated rings. The Hall–Kier alpha value is -2.69. The van der Waals surface area contributed by atoms with E-state index in [-0.39, 0.29) is 29.8 Å². The van der Waals surface area contributed by atoms with E-state index < -0.39 is 0 Å². The van der Waals surface area contributed by atoms with Gasteiger partial charge in [0.05, 0.1) is 11.4 Å². The Morgan fingerprint density at radius 3 is 2.59 bits per heavy atom. The quantitative estimate of drug-likeness (QED) is 0.252. The SMILES string of the molecule is CCNC(=NCCc1ccn(-c2ccc(F)cc2)n1)NC1CCN(c2cccc(C)n2)CC1.I. The van der Waals surface area contributed by atoms with E-state index in [1.54, 1.807) is 16.8 Å². The Labute approximate surface area is 217 Å². The van der Waals surface area contributed by atoms with Crippen molar-refractivity contribution in [2.24, 2.45) is 4.99 Å². The van der Waals surface area contributed by atoms with Gasteiger partial charge in [0.15, 0.2) is 5.96 Å². The van der Waals surface area contributed by atoms with Gasteiger partial charge in [0, 0.05) is 50.5 Å². The van der Waals surface area contributed by atoms with Crippen LogP contribution in [0.5, 0.6) is 0 Å². The molecule has 3 aromatic rings. The third kappa shape index (κ3) is 7.15. The Morgan fingerprint density at radius 1 is 1.12 bits per heavy atom. The summed E-state index contributed by atoms with van der Waals surface area (Å²) < 4.78 is 14.9. The van der Waals surface area contributed by atoms with Gasteiger partial charge in [0.2, 0.25) is 0 Å². The molecule has 0 atom stereocenters. The van der Waals surface area contributed by atoms with Crippen molar-refractivity contribution in [2.75, 3.05) is 31.1 Å². The van der Waals surface area contributed by atoms with Gasteiger partial charge in [-0.15, -0.1) is 24.0 Å². The lowest BCUT2D eigenvalue weighted by molar-refractivity contribution is 0.459. The number of anilines is 1. The number of aliphatic imine (C=N–C) groups is 1. The van der Waals surface area contributed by atoms with Crippen LogP contribution in [0, 0.1) is 12.7 Å². The van der Waals surface area contributed by atoms with Crippen molar-refractivity contribution in [2.45, 2.75) is 39.2 Å². The fourth-order valence-corrected chi connectivity index (χ4v) is 3.99. The van der Waals surface area contributed by atoms with Crippen LogP contribution in [-0.4, -0.2) is 52.9 Å². The van der Waals surface area contributed by atoms with E-state index in [2.05, 4.69) is 44.7 Å². The average Bonchev–Trinajstić information content (AvgIpc) is 3.29. The summed E-state index contributed by atoms with van der Waals surface area (Å²) in [4.78, 5) is 11.8. The number of halogens is 2. The molecule has 1 aromatic carbocycles. The highest BCUT2D eigenvalue weighted by molar-refractivity contribution is 14.0. The third-order valence-corrected chi connectivity index (χ3v) is 5.75. The molecule has 1 aliphatic rings. The molecular weight excluding hydrogens is 544 g/mol. The van der Waals surface area contributed by atoms with Crippen LogP contribution in [0.1, 0.15) is 31.2 Å². The van der Waals surface area contributed by atoms with Crippen LogP contribution in [0.2, 0.25) is 0 Å². The lowest BCUT2D eigenvalue weighted by Crippen LogP contribution is -2.49. The van der Waals surface area contributed by atoms with Gasteiger partial charge < -0.3 is 15.5 Å². The molecule has 1 aliphatic heterocycles. The molecular formula is C25H33FIN7. The van der Waals surface area contributed by atoms with Gasteiger partial charge in [0.25, 0.3) is 0 Å². The van der Waals surface area contributed by atoms with Gasteiger partial charge in [0.1, 0.15) is 11.6 Å². The minimum Gasteiger partial charge on any atom is -0.357 e. The van der Waals surface area contributed by atoms with Crippen LogP contribution in [0.15, 0.2) is 59.7 Å². The summed E-state index contributed by atoms with van der Waals surface area (Å²) in [5, 5.41) is 11.5. The first kappa shape index (κ1) is 25.9. The molecule has 7 nitrogen and oxygen atoms in total. The number of aromatic nitrogens is 3. The van der Waals surface area contributed by atoms with Crippen molar-refractivity contribution in [1.29, 1.82) is 0 Å². The number of rotatable bonds is 7. The van der Waals surface area contributed by atoms with Gasteiger partial charge in [-0.1, -0.05) is 6.07 Å². The average molecular weight is 577 g/mol. The largest absolute Gasteiger partial charge is 0.357 e. The van der Waals surface area contributed by atoms with Crippen molar-refractivity contribution in [1.82, 2.24) is 25.4 Å². The second-order valence-corrected chi connectivity index (χ2v) is 8.28. The number of benzene rings is 1. The second-order valence-electron chi connectivity index (χ2n) is 8.28. The van der Waals surface area contributed by atoms with Crippen LogP contribution >= 0.6 is 24.0 Å². The van der Waals surface area contributed by atoms with Gasteiger partial charge in [-0.05, 0) is 69.2 Å². The zero-order chi connectivity index (χ0) is 23.0. The van der Waals surface area contributed by atoms with E-state index in [1.807, 2.05) is 25.3 Å². The summed E-state index contributed by atoms with van der Waals surface area (Å²) in [5.41, 5.74) is 2.85. The molecule has 0 saturated carbocycles. The Bertz CT molecular complexity index is 1060. The number of hydrogen-bond donors (Lipinski definition) is 2. The van der Waals surface area contributed by atoms with E-state index >= 15 is 0 Å². The second kappa shape index (κ2) is 12.7.